The van der Waals surface area contributed by atoms with E-state index in [9.17, 15) is 24.0 Å². The van der Waals surface area contributed by atoms with Gasteiger partial charge in [0.25, 0.3) is 11.8 Å². The molecule has 2 heterocycles. The Morgan fingerprint density at radius 1 is 0.727 bits per heavy atom. The van der Waals surface area contributed by atoms with Crippen molar-refractivity contribution in [2.24, 2.45) is 0 Å². The summed E-state index contributed by atoms with van der Waals surface area (Å²) in [4.78, 5) is 61.4. The summed E-state index contributed by atoms with van der Waals surface area (Å²) in [5.41, 5.74) is 0.583. The topological polar surface area (TPSA) is 95.1 Å². The fraction of sp³-hybridized carbons (Fsp3) is 0.214. The Morgan fingerprint density at radius 2 is 1.23 bits per heavy atom. The molecule has 0 aliphatic carbocycles. The van der Waals surface area contributed by atoms with Crippen molar-refractivity contribution < 1.29 is 24.0 Å². The van der Waals surface area contributed by atoms with Crippen LogP contribution in [0.2, 0.25) is 0 Å². The molecule has 0 bridgehead atoms. The highest BCUT2D eigenvalue weighted by Crippen LogP contribution is 2.22. The summed E-state index contributed by atoms with van der Waals surface area (Å²) >= 11 is 0. The number of amides is 6. The van der Waals surface area contributed by atoms with Crippen molar-refractivity contribution in [3.8, 4) is 0 Å². The van der Waals surface area contributed by atoms with Gasteiger partial charge in [-0.2, -0.15) is 0 Å². The van der Waals surface area contributed by atoms with Crippen LogP contribution in [0.15, 0.2) is 24.3 Å². The molecule has 0 radical (unpaired) electrons. The lowest BCUT2D eigenvalue weighted by Crippen LogP contribution is -2.41. The minimum atomic E-state index is -0.955. The van der Waals surface area contributed by atoms with Crippen LogP contribution in [0.25, 0.3) is 0 Å². The second-order valence-electron chi connectivity index (χ2n) is 4.91. The molecule has 2 aliphatic rings. The molecule has 0 saturated carbocycles. The van der Waals surface area contributed by atoms with Gasteiger partial charge in [0, 0.05) is 20.1 Å². The molecule has 112 valence electrons. The molecule has 1 aromatic rings. The van der Waals surface area contributed by atoms with Crippen molar-refractivity contribution in [1.29, 1.82) is 0 Å². The smallest absolute Gasteiger partial charge is 0.273 e. The summed E-state index contributed by atoms with van der Waals surface area (Å²) in [6.07, 6.45) is 0. The molecule has 3 rings (SSSR count). The van der Waals surface area contributed by atoms with Crippen molar-refractivity contribution in [2.75, 3.05) is 20.1 Å². The van der Waals surface area contributed by atoms with E-state index in [1.165, 1.54) is 7.05 Å². The highest BCUT2D eigenvalue weighted by atomic mass is 16.2. The fourth-order valence-corrected chi connectivity index (χ4v) is 2.45. The van der Waals surface area contributed by atoms with Crippen LogP contribution < -0.4 is 0 Å². The van der Waals surface area contributed by atoms with Gasteiger partial charge in [0.2, 0.25) is 0 Å². The van der Waals surface area contributed by atoms with E-state index in [0.717, 1.165) is 9.80 Å². The first kappa shape index (κ1) is 13.9. The SMILES string of the molecule is CN1C(=O)C(=O)N(CCN2C(=O)c3ccccc3C2=O)C1=O. The molecule has 0 atom stereocenters. The van der Waals surface area contributed by atoms with Crippen LogP contribution in [-0.4, -0.2) is 64.5 Å². The van der Waals surface area contributed by atoms with E-state index in [1.807, 2.05) is 0 Å². The number of fused-ring (bicyclic) bond motifs is 1. The van der Waals surface area contributed by atoms with Crippen molar-refractivity contribution in [1.82, 2.24) is 14.7 Å². The summed E-state index contributed by atoms with van der Waals surface area (Å²) in [6.45, 7) is -0.357. The van der Waals surface area contributed by atoms with Gasteiger partial charge in [-0.25, -0.2) is 4.79 Å². The maximum atomic E-state index is 12.1. The van der Waals surface area contributed by atoms with Crippen LogP contribution in [0.5, 0.6) is 0 Å². The highest BCUT2D eigenvalue weighted by Gasteiger charge is 2.43. The standard InChI is InChI=1S/C14H11N3O5/c1-15-12(20)13(21)17(14(15)22)7-6-16-10(18)8-4-2-3-5-9(8)11(16)19/h2-5H,6-7H2,1H3. The van der Waals surface area contributed by atoms with Crippen LogP contribution in [0.1, 0.15) is 20.7 Å². The number of carbonyl (C=O) groups is 5. The molecule has 22 heavy (non-hydrogen) atoms. The lowest BCUT2D eigenvalue weighted by Gasteiger charge is -2.18. The molecule has 8 heteroatoms. The van der Waals surface area contributed by atoms with Gasteiger partial charge in [0.15, 0.2) is 0 Å². The van der Waals surface area contributed by atoms with Gasteiger partial charge in [-0.3, -0.25) is 33.9 Å². The minimum absolute atomic E-state index is 0.148. The van der Waals surface area contributed by atoms with Crippen molar-refractivity contribution in [3.63, 3.8) is 0 Å². The number of hydrogen-bond donors (Lipinski definition) is 0. The number of nitrogens with zero attached hydrogens (tertiary/aromatic N) is 3. The third kappa shape index (κ3) is 1.80. The number of benzene rings is 1. The van der Waals surface area contributed by atoms with Gasteiger partial charge in [-0.1, -0.05) is 12.1 Å². The van der Waals surface area contributed by atoms with Crippen molar-refractivity contribution >= 4 is 29.7 Å². The van der Waals surface area contributed by atoms with E-state index in [0.29, 0.717) is 16.0 Å². The molecular weight excluding hydrogens is 290 g/mol. The van der Waals surface area contributed by atoms with E-state index in [2.05, 4.69) is 0 Å². The third-order valence-corrected chi connectivity index (χ3v) is 3.68. The highest BCUT2D eigenvalue weighted by molar-refractivity contribution is 6.44. The molecule has 0 N–H and O–H groups in total. The zero-order chi connectivity index (χ0) is 16.0. The molecule has 1 saturated heterocycles. The first-order chi connectivity index (χ1) is 10.4. The van der Waals surface area contributed by atoms with E-state index in [-0.39, 0.29) is 13.1 Å². The monoisotopic (exact) mass is 301 g/mol. The zero-order valence-electron chi connectivity index (χ0n) is 11.6. The van der Waals surface area contributed by atoms with Crippen molar-refractivity contribution in [2.45, 2.75) is 0 Å². The number of rotatable bonds is 3. The van der Waals surface area contributed by atoms with Gasteiger partial charge in [-0.15, -0.1) is 0 Å². The Kier molecular flexibility index (Phi) is 3.01. The van der Waals surface area contributed by atoms with Crippen LogP contribution in [0.4, 0.5) is 4.79 Å². The quantitative estimate of drug-likeness (QED) is 0.434. The molecule has 0 unspecified atom stereocenters. The predicted molar refractivity (Wildman–Crippen MR) is 71.7 cm³/mol. The summed E-state index contributed by atoms with van der Waals surface area (Å²) in [5, 5.41) is 0. The number of hydrogen-bond acceptors (Lipinski definition) is 5. The largest absolute Gasteiger partial charge is 0.334 e. The van der Waals surface area contributed by atoms with Gasteiger partial charge in [-0.05, 0) is 12.1 Å². The molecule has 8 nitrogen and oxygen atoms in total. The van der Waals surface area contributed by atoms with Crippen LogP contribution >= 0.6 is 0 Å². The van der Waals surface area contributed by atoms with Crippen LogP contribution in [-0.2, 0) is 9.59 Å². The Labute approximate surface area is 124 Å². The van der Waals surface area contributed by atoms with Crippen LogP contribution in [0.3, 0.4) is 0 Å². The predicted octanol–water partition coefficient (Wildman–Crippen LogP) is -0.297. The first-order valence-corrected chi connectivity index (χ1v) is 6.52. The van der Waals surface area contributed by atoms with Gasteiger partial charge >= 0.3 is 17.8 Å². The molecule has 2 aliphatic heterocycles. The summed E-state index contributed by atoms with van der Waals surface area (Å²) < 4.78 is 0. The van der Waals surface area contributed by atoms with Crippen molar-refractivity contribution in [3.05, 3.63) is 35.4 Å². The van der Waals surface area contributed by atoms with E-state index in [1.54, 1.807) is 24.3 Å². The van der Waals surface area contributed by atoms with Gasteiger partial charge in [0.05, 0.1) is 11.1 Å². The lowest BCUT2D eigenvalue weighted by molar-refractivity contribution is -0.142. The number of urea groups is 1. The van der Waals surface area contributed by atoms with E-state index in [4.69, 9.17) is 0 Å². The van der Waals surface area contributed by atoms with Gasteiger partial charge < -0.3 is 0 Å². The minimum Gasteiger partial charge on any atom is -0.273 e. The third-order valence-electron chi connectivity index (χ3n) is 3.68. The average Bonchev–Trinajstić information content (AvgIpc) is 2.87. The Hall–Kier alpha value is -3.03. The lowest BCUT2D eigenvalue weighted by atomic mass is 10.1. The molecule has 0 spiro atoms. The van der Waals surface area contributed by atoms with Gasteiger partial charge in [0.1, 0.15) is 0 Å². The molecule has 6 amide bonds. The Bertz CT molecular complexity index is 707. The van der Waals surface area contributed by atoms with E-state index < -0.39 is 29.7 Å². The Balaban J connectivity index is 1.75. The number of likely N-dealkylation sites (N-methyl/N-ethyl adjacent to an activating group) is 1. The molecular formula is C14H11N3O5. The fourth-order valence-electron chi connectivity index (χ4n) is 2.45. The van der Waals surface area contributed by atoms with E-state index >= 15 is 0 Å². The molecule has 0 aromatic heterocycles. The van der Waals surface area contributed by atoms with Crippen LogP contribution in [0, 0.1) is 0 Å². The summed E-state index contributed by atoms with van der Waals surface area (Å²) in [5.74, 6) is -2.82. The summed E-state index contributed by atoms with van der Waals surface area (Å²) in [6, 6.07) is 5.62. The maximum absolute atomic E-state index is 12.1. The average molecular weight is 301 g/mol. The molecule has 1 aromatic carbocycles. The zero-order valence-corrected chi connectivity index (χ0v) is 11.6. The Morgan fingerprint density at radius 3 is 1.68 bits per heavy atom. The number of carbonyl (C=O) groups excluding carboxylic acids is 5. The normalized spacial score (nSPS) is 17.9. The second-order valence-corrected chi connectivity index (χ2v) is 4.91. The second kappa shape index (κ2) is 4.76. The first-order valence-electron chi connectivity index (χ1n) is 6.52. The number of imide groups is 3. The molecule has 1 fully saturated rings. The summed E-state index contributed by atoms with van der Waals surface area (Å²) in [7, 11) is 1.20. The maximum Gasteiger partial charge on any atom is 0.334 e.